The number of hydrogen-bond acceptors (Lipinski definition) is 1. The van der Waals surface area contributed by atoms with Gasteiger partial charge in [0, 0.05) is 0 Å². The van der Waals surface area contributed by atoms with Crippen LogP contribution in [0.1, 0.15) is 119 Å². The molecule has 5 atom stereocenters. The first-order chi connectivity index (χ1) is 15.0. The molecule has 0 aromatic rings. The molecule has 0 aliphatic heterocycles. The number of rotatable bonds is 5. The lowest BCUT2D eigenvalue weighted by molar-refractivity contribution is -0.0615. The Labute approximate surface area is 194 Å². The standard InChI is InChI=1S/C26H40O.2C2H6/c1-18(2)6-4-7-22-17-26-15-5-8-21(23(26)13-14-24(22)26)12-11-20-10-9-19(3)25(27)16-20;2*1-2/h11-12,18,22-25,27H,3-10,13-17H2,1-2H3;2*1-2H3/b20-11-,21-12+;;. The highest BCUT2D eigenvalue weighted by molar-refractivity contribution is 5.29. The van der Waals surface area contributed by atoms with Crippen LogP contribution in [0.25, 0.3) is 0 Å². The summed E-state index contributed by atoms with van der Waals surface area (Å²) in [7, 11) is 0. The molecule has 0 aromatic carbocycles. The van der Waals surface area contributed by atoms with Crippen LogP contribution in [0.15, 0.2) is 35.5 Å². The van der Waals surface area contributed by atoms with Crippen molar-refractivity contribution in [3.8, 4) is 0 Å². The van der Waals surface area contributed by atoms with Crippen LogP contribution in [-0.4, -0.2) is 11.2 Å². The van der Waals surface area contributed by atoms with Gasteiger partial charge in [0.15, 0.2) is 0 Å². The Morgan fingerprint density at radius 2 is 1.81 bits per heavy atom. The zero-order valence-electron chi connectivity index (χ0n) is 21.7. The van der Waals surface area contributed by atoms with Crippen molar-refractivity contribution in [2.24, 2.45) is 29.1 Å². The Morgan fingerprint density at radius 3 is 2.48 bits per heavy atom. The van der Waals surface area contributed by atoms with Gasteiger partial charge in [0.25, 0.3) is 0 Å². The lowest BCUT2D eigenvalue weighted by Gasteiger charge is -2.57. The molecule has 0 bridgehead atoms. The number of allylic oxidation sites excluding steroid dienone is 3. The van der Waals surface area contributed by atoms with Gasteiger partial charge in [0.05, 0.1) is 6.10 Å². The van der Waals surface area contributed by atoms with Gasteiger partial charge in [-0.05, 0) is 92.4 Å². The molecular weight excluding hydrogens is 376 g/mol. The zero-order valence-corrected chi connectivity index (χ0v) is 21.7. The third kappa shape index (κ3) is 5.95. The molecule has 4 aliphatic rings. The van der Waals surface area contributed by atoms with Crippen molar-refractivity contribution in [3.63, 3.8) is 0 Å². The molecule has 31 heavy (non-hydrogen) atoms. The van der Waals surface area contributed by atoms with Gasteiger partial charge in [0.2, 0.25) is 0 Å². The van der Waals surface area contributed by atoms with Crippen molar-refractivity contribution in [1.82, 2.24) is 0 Å². The summed E-state index contributed by atoms with van der Waals surface area (Å²) in [6.45, 7) is 16.7. The van der Waals surface area contributed by atoms with Crippen LogP contribution in [0, 0.1) is 29.1 Å². The molecule has 4 rings (SSSR count). The fourth-order valence-corrected chi connectivity index (χ4v) is 7.11. The molecule has 4 saturated carbocycles. The Morgan fingerprint density at radius 1 is 1.06 bits per heavy atom. The molecule has 4 aliphatic carbocycles. The van der Waals surface area contributed by atoms with Gasteiger partial charge in [0.1, 0.15) is 0 Å². The van der Waals surface area contributed by atoms with Crippen LogP contribution >= 0.6 is 0 Å². The van der Waals surface area contributed by atoms with E-state index < -0.39 is 0 Å². The van der Waals surface area contributed by atoms with E-state index in [1.54, 1.807) is 5.57 Å². The third-order valence-electron chi connectivity index (χ3n) is 8.55. The van der Waals surface area contributed by atoms with Crippen LogP contribution in [0.2, 0.25) is 0 Å². The van der Waals surface area contributed by atoms with Gasteiger partial charge in [-0.15, -0.1) is 0 Å². The summed E-state index contributed by atoms with van der Waals surface area (Å²) in [5.74, 6) is 3.80. The van der Waals surface area contributed by atoms with E-state index in [4.69, 9.17) is 0 Å². The molecule has 0 amide bonds. The maximum atomic E-state index is 10.1. The van der Waals surface area contributed by atoms with Gasteiger partial charge >= 0.3 is 0 Å². The first-order valence-electron chi connectivity index (χ1n) is 13.7. The second-order valence-corrected chi connectivity index (χ2v) is 10.6. The monoisotopic (exact) mass is 428 g/mol. The summed E-state index contributed by atoms with van der Waals surface area (Å²) >= 11 is 0. The van der Waals surface area contributed by atoms with Crippen LogP contribution in [0.4, 0.5) is 0 Å². The van der Waals surface area contributed by atoms with E-state index in [2.05, 4.69) is 32.6 Å². The van der Waals surface area contributed by atoms with Crippen molar-refractivity contribution in [3.05, 3.63) is 35.5 Å². The smallest absolute Gasteiger partial charge is 0.0784 e. The lowest BCUT2D eigenvalue weighted by Crippen LogP contribution is -2.49. The molecular formula is C30H52O. The molecule has 4 fully saturated rings. The fraction of sp³-hybridized carbons (Fsp3) is 0.800. The Bertz CT molecular complexity index is 624. The summed E-state index contributed by atoms with van der Waals surface area (Å²) in [5.41, 5.74) is 4.88. The van der Waals surface area contributed by atoms with E-state index in [-0.39, 0.29) is 6.10 Å². The molecule has 1 heteroatoms. The second kappa shape index (κ2) is 12.4. The molecule has 1 spiro atoms. The van der Waals surface area contributed by atoms with Gasteiger partial charge < -0.3 is 5.11 Å². The van der Waals surface area contributed by atoms with E-state index >= 15 is 0 Å². The molecule has 1 nitrogen and oxygen atoms in total. The minimum Gasteiger partial charge on any atom is -0.388 e. The van der Waals surface area contributed by atoms with Crippen molar-refractivity contribution < 1.29 is 5.11 Å². The van der Waals surface area contributed by atoms with Crippen LogP contribution < -0.4 is 0 Å². The normalized spacial score (nSPS) is 36.7. The molecule has 5 unspecified atom stereocenters. The molecule has 0 aromatic heterocycles. The van der Waals surface area contributed by atoms with E-state index in [0.29, 0.717) is 5.41 Å². The summed E-state index contributed by atoms with van der Waals surface area (Å²) in [6.07, 6.45) is 20.4. The predicted molar refractivity (Wildman–Crippen MR) is 137 cm³/mol. The Balaban J connectivity index is 0.000000807. The second-order valence-electron chi connectivity index (χ2n) is 10.6. The molecule has 0 heterocycles. The largest absolute Gasteiger partial charge is 0.388 e. The summed E-state index contributed by atoms with van der Waals surface area (Å²) < 4.78 is 0. The van der Waals surface area contributed by atoms with Gasteiger partial charge in [-0.1, -0.05) is 90.7 Å². The quantitative estimate of drug-likeness (QED) is 0.433. The molecule has 0 radical (unpaired) electrons. The number of aliphatic hydroxyl groups is 1. The molecule has 0 saturated heterocycles. The first kappa shape index (κ1) is 26.4. The zero-order chi connectivity index (χ0) is 23.0. The van der Waals surface area contributed by atoms with Crippen LogP contribution in [0.3, 0.4) is 0 Å². The van der Waals surface area contributed by atoms with E-state index in [0.717, 1.165) is 48.5 Å². The highest BCUT2D eigenvalue weighted by Crippen LogP contribution is 2.70. The fourth-order valence-electron chi connectivity index (χ4n) is 7.11. The Hall–Kier alpha value is -0.820. The predicted octanol–water partition coefficient (Wildman–Crippen LogP) is 9.04. The van der Waals surface area contributed by atoms with Crippen LogP contribution in [-0.2, 0) is 0 Å². The summed E-state index contributed by atoms with van der Waals surface area (Å²) in [6, 6.07) is 0. The molecule has 178 valence electrons. The SMILES string of the molecule is C=C1CC/C(=C/C=C2\CCCC34CC(CCCC(C)C)C3CCC24)CC1O.CC.CC. The van der Waals surface area contributed by atoms with Crippen LogP contribution in [0.5, 0.6) is 0 Å². The van der Waals surface area contributed by atoms with Crippen molar-refractivity contribution in [2.45, 2.75) is 125 Å². The van der Waals surface area contributed by atoms with Crippen molar-refractivity contribution >= 4 is 0 Å². The lowest BCUT2D eigenvalue weighted by atomic mass is 9.47. The first-order valence-corrected chi connectivity index (χ1v) is 13.7. The van der Waals surface area contributed by atoms with E-state index in [9.17, 15) is 5.11 Å². The van der Waals surface area contributed by atoms with Gasteiger partial charge in [-0.3, -0.25) is 0 Å². The average molecular weight is 429 g/mol. The number of hydrogen-bond donors (Lipinski definition) is 1. The number of aliphatic hydroxyl groups excluding tert-OH is 1. The Kier molecular flexibility index (Phi) is 10.6. The minimum atomic E-state index is -0.310. The third-order valence-corrected chi connectivity index (χ3v) is 8.55. The highest BCUT2D eigenvalue weighted by Gasteiger charge is 2.61. The topological polar surface area (TPSA) is 20.2 Å². The average Bonchev–Trinajstić information content (AvgIpc) is 3.07. The summed E-state index contributed by atoms with van der Waals surface area (Å²) in [5, 5.41) is 10.1. The maximum Gasteiger partial charge on any atom is 0.0784 e. The maximum absolute atomic E-state index is 10.1. The summed E-state index contributed by atoms with van der Waals surface area (Å²) in [4.78, 5) is 0. The van der Waals surface area contributed by atoms with Gasteiger partial charge in [-0.2, -0.15) is 0 Å². The van der Waals surface area contributed by atoms with Gasteiger partial charge in [-0.25, -0.2) is 0 Å². The van der Waals surface area contributed by atoms with E-state index in [1.165, 1.54) is 63.4 Å². The van der Waals surface area contributed by atoms with Crippen molar-refractivity contribution in [2.75, 3.05) is 0 Å². The van der Waals surface area contributed by atoms with E-state index in [1.807, 2.05) is 27.7 Å². The minimum absolute atomic E-state index is 0.310. The van der Waals surface area contributed by atoms with Crippen molar-refractivity contribution in [1.29, 1.82) is 0 Å². The highest BCUT2D eigenvalue weighted by atomic mass is 16.3. The molecule has 1 N–H and O–H groups in total.